The molecule has 106 valence electrons. The Balaban J connectivity index is 2.87. The predicted octanol–water partition coefficient (Wildman–Crippen LogP) is 2.85. The van der Waals surface area contributed by atoms with Crippen LogP contribution in [0.3, 0.4) is 0 Å². The maximum atomic E-state index is 11.9. The van der Waals surface area contributed by atoms with E-state index in [1.54, 1.807) is 14.2 Å². The van der Waals surface area contributed by atoms with E-state index in [4.69, 9.17) is 9.47 Å². The van der Waals surface area contributed by atoms with Crippen LogP contribution in [0.5, 0.6) is 11.5 Å². The van der Waals surface area contributed by atoms with E-state index in [-0.39, 0.29) is 5.91 Å². The second-order valence-electron chi connectivity index (χ2n) is 4.36. The molecule has 0 unspecified atom stereocenters. The molecule has 0 saturated heterocycles. The fourth-order valence-corrected chi connectivity index (χ4v) is 1.98. The molecule has 0 aromatic heterocycles. The summed E-state index contributed by atoms with van der Waals surface area (Å²) in [6.45, 7) is 5.35. The topological polar surface area (TPSA) is 38.8 Å². The zero-order valence-corrected chi connectivity index (χ0v) is 12.2. The number of amides is 1. The van der Waals surface area contributed by atoms with Gasteiger partial charge in [-0.25, -0.2) is 0 Å². The summed E-state index contributed by atoms with van der Waals surface area (Å²) < 4.78 is 10.5. The van der Waals surface area contributed by atoms with Crippen LogP contribution in [0.1, 0.15) is 32.3 Å². The fourth-order valence-electron chi connectivity index (χ4n) is 1.98. The van der Waals surface area contributed by atoms with Gasteiger partial charge in [-0.15, -0.1) is 0 Å². The van der Waals surface area contributed by atoms with Crippen LogP contribution < -0.4 is 9.47 Å². The van der Waals surface area contributed by atoms with Crippen LogP contribution >= 0.6 is 0 Å². The van der Waals surface area contributed by atoms with Crippen LogP contribution in [-0.2, 0) is 11.3 Å². The van der Waals surface area contributed by atoms with E-state index in [0.717, 1.165) is 18.5 Å². The van der Waals surface area contributed by atoms with E-state index in [2.05, 4.69) is 6.92 Å². The van der Waals surface area contributed by atoms with Crippen molar-refractivity contribution in [3.8, 4) is 11.5 Å². The Hall–Kier alpha value is -1.71. The first-order valence-electron chi connectivity index (χ1n) is 6.64. The zero-order valence-electron chi connectivity index (χ0n) is 12.2. The van der Waals surface area contributed by atoms with Crippen molar-refractivity contribution in [1.82, 2.24) is 4.90 Å². The minimum atomic E-state index is 0.177. The maximum absolute atomic E-state index is 11.9. The van der Waals surface area contributed by atoms with Crippen LogP contribution in [0.15, 0.2) is 18.2 Å². The van der Waals surface area contributed by atoms with E-state index in [1.165, 1.54) is 0 Å². The first kappa shape index (κ1) is 15.3. The molecular formula is C15H23NO3. The molecule has 0 radical (unpaired) electrons. The molecule has 1 amide bonds. The Labute approximate surface area is 115 Å². The summed E-state index contributed by atoms with van der Waals surface area (Å²) in [6.07, 6.45) is 1.49. The van der Waals surface area contributed by atoms with Crippen LogP contribution in [0.2, 0.25) is 0 Å². The molecule has 0 aliphatic carbocycles. The molecule has 0 atom stereocenters. The number of methoxy groups -OCH3 is 2. The Bertz CT molecular complexity index is 418. The van der Waals surface area contributed by atoms with E-state index in [0.29, 0.717) is 24.5 Å². The SMILES string of the molecule is CCCN(Cc1ccc(OC)c(OC)c1)C(=O)CC. The number of hydrogen-bond acceptors (Lipinski definition) is 3. The lowest BCUT2D eigenvalue weighted by Crippen LogP contribution is -2.30. The van der Waals surface area contributed by atoms with Crippen LogP contribution in [0.25, 0.3) is 0 Å². The lowest BCUT2D eigenvalue weighted by Gasteiger charge is -2.22. The first-order valence-corrected chi connectivity index (χ1v) is 6.64. The number of benzene rings is 1. The van der Waals surface area contributed by atoms with Gasteiger partial charge >= 0.3 is 0 Å². The molecule has 0 bridgehead atoms. The van der Waals surface area contributed by atoms with E-state index >= 15 is 0 Å². The molecule has 1 rings (SSSR count). The van der Waals surface area contributed by atoms with Gasteiger partial charge in [0, 0.05) is 19.5 Å². The van der Waals surface area contributed by atoms with Gasteiger partial charge in [0.2, 0.25) is 5.91 Å². The van der Waals surface area contributed by atoms with Crippen molar-refractivity contribution >= 4 is 5.91 Å². The molecule has 1 aromatic carbocycles. The molecule has 0 N–H and O–H groups in total. The molecule has 0 saturated carbocycles. The van der Waals surface area contributed by atoms with Gasteiger partial charge in [-0.05, 0) is 24.1 Å². The van der Waals surface area contributed by atoms with Crippen LogP contribution in [0, 0.1) is 0 Å². The second kappa shape index (κ2) is 7.67. The molecular weight excluding hydrogens is 242 g/mol. The summed E-state index contributed by atoms with van der Waals surface area (Å²) in [7, 11) is 3.23. The van der Waals surface area contributed by atoms with Gasteiger partial charge in [-0.3, -0.25) is 4.79 Å². The van der Waals surface area contributed by atoms with Crippen molar-refractivity contribution in [1.29, 1.82) is 0 Å². The Kier molecular flexibility index (Phi) is 6.19. The average molecular weight is 265 g/mol. The third-order valence-electron chi connectivity index (χ3n) is 2.97. The second-order valence-corrected chi connectivity index (χ2v) is 4.36. The molecule has 19 heavy (non-hydrogen) atoms. The Morgan fingerprint density at radius 1 is 1.16 bits per heavy atom. The Morgan fingerprint density at radius 3 is 2.37 bits per heavy atom. The highest BCUT2D eigenvalue weighted by molar-refractivity contribution is 5.75. The monoisotopic (exact) mass is 265 g/mol. The lowest BCUT2D eigenvalue weighted by atomic mass is 10.1. The summed E-state index contributed by atoms with van der Waals surface area (Å²) >= 11 is 0. The van der Waals surface area contributed by atoms with Gasteiger partial charge in [0.05, 0.1) is 14.2 Å². The summed E-state index contributed by atoms with van der Waals surface area (Å²) in [5.41, 5.74) is 1.05. The molecule has 0 aliphatic heterocycles. The quantitative estimate of drug-likeness (QED) is 0.761. The first-order chi connectivity index (χ1) is 9.15. The van der Waals surface area contributed by atoms with Crippen LogP contribution in [0.4, 0.5) is 0 Å². The van der Waals surface area contributed by atoms with Crippen molar-refractivity contribution in [3.63, 3.8) is 0 Å². The van der Waals surface area contributed by atoms with E-state index in [9.17, 15) is 4.79 Å². The number of nitrogens with zero attached hydrogens (tertiary/aromatic N) is 1. The molecule has 0 spiro atoms. The zero-order chi connectivity index (χ0) is 14.3. The van der Waals surface area contributed by atoms with Crippen molar-refractivity contribution in [2.75, 3.05) is 20.8 Å². The van der Waals surface area contributed by atoms with Crippen LogP contribution in [-0.4, -0.2) is 31.6 Å². The third kappa shape index (κ3) is 4.16. The average Bonchev–Trinajstić information content (AvgIpc) is 2.45. The summed E-state index contributed by atoms with van der Waals surface area (Å²) in [5, 5.41) is 0. The maximum Gasteiger partial charge on any atom is 0.222 e. The largest absolute Gasteiger partial charge is 0.493 e. The number of ether oxygens (including phenoxy) is 2. The number of hydrogen-bond donors (Lipinski definition) is 0. The van der Waals surface area contributed by atoms with Crippen molar-refractivity contribution in [2.45, 2.75) is 33.2 Å². The number of rotatable bonds is 7. The summed E-state index contributed by atoms with van der Waals surface area (Å²) in [6, 6.07) is 5.76. The highest BCUT2D eigenvalue weighted by Gasteiger charge is 2.12. The summed E-state index contributed by atoms with van der Waals surface area (Å²) in [4.78, 5) is 13.7. The van der Waals surface area contributed by atoms with Gasteiger partial charge in [0.1, 0.15) is 0 Å². The third-order valence-corrected chi connectivity index (χ3v) is 2.97. The van der Waals surface area contributed by atoms with Gasteiger partial charge in [0.25, 0.3) is 0 Å². The standard InChI is InChI=1S/C15H23NO3/c1-5-9-16(15(17)6-2)11-12-7-8-13(18-3)14(10-12)19-4/h7-8,10H,5-6,9,11H2,1-4H3. The minimum Gasteiger partial charge on any atom is -0.493 e. The lowest BCUT2D eigenvalue weighted by molar-refractivity contribution is -0.131. The van der Waals surface area contributed by atoms with E-state index in [1.807, 2.05) is 30.0 Å². The Morgan fingerprint density at radius 2 is 1.84 bits per heavy atom. The summed E-state index contributed by atoms with van der Waals surface area (Å²) in [5.74, 6) is 1.58. The molecule has 0 aliphatic rings. The molecule has 0 heterocycles. The molecule has 0 fully saturated rings. The highest BCUT2D eigenvalue weighted by atomic mass is 16.5. The predicted molar refractivity (Wildman–Crippen MR) is 75.5 cm³/mol. The minimum absolute atomic E-state index is 0.177. The van der Waals surface area contributed by atoms with Gasteiger partial charge in [-0.2, -0.15) is 0 Å². The van der Waals surface area contributed by atoms with Crippen molar-refractivity contribution < 1.29 is 14.3 Å². The highest BCUT2D eigenvalue weighted by Crippen LogP contribution is 2.28. The smallest absolute Gasteiger partial charge is 0.222 e. The number of carbonyl (C=O) groups is 1. The van der Waals surface area contributed by atoms with Gasteiger partial charge in [0.15, 0.2) is 11.5 Å². The molecule has 4 nitrogen and oxygen atoms in total. The van der Waals surface area contributed by atoms with Crippen molar-refractivity contribution in [3.05, 3.63) is 23.8 Å². The van der Waals surface area contributed by atoms with Gasteiger partial charge < -0.3 is 14.4 Å². The number of carbonyl (C=O) groups excluding carboxylic acids is 1. The van der Waals surface area contributed by atoms with Crippen molar-refractivity contribution in [2.24, 2.45) is 0 Å². The van der Waals surface area contributed by atoms with E-state index < -0.39 is 0 Å². The fraction of sp³-hybridized carbons (Fsp3) is 0.533. The molecule has 1 aromatic rings. The normalized spacial score (nSPS) is 10.1. The molecule has 4 heteroatoms. The van der Waals surface area contributed by atoms with Gasteiger partial charge in [-0.1, -0.05) is 19.9 Å².